The van der Waals surface area contributed by atoms with Gasteiger partial charge in [0, 0.05) is 31.3 Å². The first-order chi connectivity index (χ1) is 13.9. The lowest BCUT2D eigenvalue weighted by molar-refractivity contribution is 0.0597. The standard InChI is InChI=1S/C23H24N2O4/c1-24-22(27)16-10-8-15(9-11-16)13-25(2)14-20-18-7-5-4-6-17(18)12-19(21(20)26)23(28)29-3/h4-12,26H,13-14H2,1-3H3,(H,24,27). The molecule has 6 nitrogen and oxygen atoms in total. The van der Waals surface area contributed by atoms with Gasteiger partial charge in [0.2, 0.25) is 0 Å². The summed E-state index contributed by atoms with van der Waals surface area (Å²) in [5, 5.41) is 15.1. The van der Waals surface area contributed by atoms with E-state index in [4.69, 9.17) is 4.74 Å². The summed E-state index contributed by atoms with van der Waals surface area (Å²) in [7, 11) is 4.83. The summed E-state index contributed by atoms with van der Waals surface area (Å²) in [5.74, 6) is -0.750. The smallest absolute Gasteiger partial charge is 0.341 e. The highest BCUT2D eigenvalue weighted by Crippen LogP contribution is 2.33. The number of amides is 1. The van der Waals surface area contributed by atoms with E-state index in [1.54, 1.807) is 25.2 Å². The number of carbonyl (C=O) groups is 2. The molecule has 0 aliphatic rings. The number of rotatable bonds is 6. The molecule has 0 spiro atoms. The number of methoxy groups -OCH3 is 1. The lowest BCUT2D eigenvalue weighted by Crippen LogP contribution is -2.19. The zero-order valence-corrected chi connectivity index (χ0v) is 16.7. The number of phenols is 1. The predicted octanol–water partition coefficient (Wildman–Crippen LogP) is 3.32. The Bertz CT molecular complexity index is 1040. The average Bonchev–Trinajstić information content (AvgIpc) is 2.74. The van der Waals surface area contributed by atoms with E-state index in [1.165, 1.54) is 7.11 Å². The van der Waals surface area contributed by atoms with Crippen molar-refractivity contribution < 1.29 is 19.4 Å². The molecule has 2 N–H and O–H groups in total. The lowest BCUT2D eigenvalue weighted by Gasteiger charge is -2.20. The summed E-state index contributed by atoms with van der Waals surface area (Å²) in [5.41, 5.74) is 2.47. The van der Waals surface area contributed by atoms with Gasteiger partial charge in [0.1, 0.15) is 11.3 Å². The number of hydrogen-bond donors (Lipinski definition) is 2. The minimum absolute atomic E-state index is 0.0580. The van der Waals surface area contributed by atoms with Crippen LogP contribution in [0.15, 0.2) is 54.6 Å². The molecular weight excluding hydrogens is 368 g/mol. The molecule has 0 saturated carbocycles. The maximum absolute atomic E-state index is 12.1. The van der Waals surface area contributed by atoms with Crippen molar-refractivity contribution in [3.8, 4) is 5.75 Å². The summed E-state index contributed by atoms with van der Waals surface area (Å²) in [6, 6.07) is 16.7. The molecule has 0 aliphatic carbocycles. The van der Waals surface area contributed by atoms with Crippen LogP contribution in [0.25, 0.3) is 10.8 Å². The highest BCUT2D eigenvalue weighted by atomic mass is 16.5. The molecule has 6 heteroatoms. The number of fused-ring (bicyclic) bond motifs is 1. The van der Waals surface area contributed by atoms with Crippen molar-refractivity contribution in [1.29, 1.82) is 0 Å². The first-order valence-electron chi connectivity index (χ1n) is 9.26. The van der Waals surface area contributed by atoms with Crippen LogP contribution >= 0.6 is 0 Å². The van der Waals surface area contributed by atoms with Gasteiger partial charge < -0.3 is 15.2 Å². The van der Waals surface area contributed by atoms with Crippen molar-refractivity contribution in [3.63, 3.8) is 0 Å². The minimum atomic E-state index is -0.568. The number of aromatic hydroxyl groups is 1. The monoisotopic (exact) mass is 392 g/mol. The Morgan fingerprint density at radius 1 is 1.07 bits per heavy atom. The number of hydrogen-bond acceptors (Lipinski definition) is 5. The average molecular weight is 392 g/mol. The molecule has 0 saturated heterocycles. The van der Waals surface area contributed by atoms with Gasteiger partial charge in [-0.15, -0.1) is 0 Å². The van der Waals surface area contributed by atoms with Gasteiger partial charge in [-0.2, -0.15) is 0 Å². The molecule has 1 amide bonds. The molecule has 3 aromatic carbocycles. The van der Waals surface area contributed by atoms with E-state index in [2.05, 4.69) is 5.32 Å². The van der Waals surface area contributed by atoms with Gasteiger partial charge in [0.25, 0.3) is 5.91 Å². The number of phenolic OH excluding ortho intramolecular Hbond substituents is 1. The summed E-state index contributed by atoms with van der Waals surface area (Å²) in [4.78, 5) is 25.8. The molecule has 0 atom stereocenters. The Morgan fingerprint density at radius 2 is 1.76 bits per heavy atom. The van der Waals surface area contributed by atoms with Gasteiger partial charge in [-0.05, 0) is 41.6 Å². The molecule has 3 rings (SSSR count). The Kier molecular flexibility index (Phi) is 6.14. The topological polar surface area (TPSA) is 78.9 Å². The second-order valence-corrected chi connectivity index (χ2v) is 6.91. The Hall–Kier alpha value is -3.38. The molecule has 0 aliphatic heterocycles. The number of carbonyl (C=O) groups excluding carboxylic acids is 2. The zero-order chi connectivity index (χ0) is 21.0. The Labute approximate surface area is 169 Å². The summed E-state index contributed by atoms with van der Waals surface area (Å²) >= 11 is 0. The second-order valence-electron chi connectivity index (χ2n) is 6.91. The van der Waals surface area contributed by atoms with Crippen LogP contribution in [-0.2, 0) is 17.8 Å². The third kappa shape index (κ3) is 4.38. The highest BCUT2D eigenvalue weighted by Gasteiger charge is 2.19. The van der Waals surface area contributed by atoms with E-state index >= 15 is 0 Å². The molecule has 29 heavy (non-hydrogen) atoms. The van der Waals surface area contributed by atoms with E-state index in [0.29, 0.717) is 24.2 Å². The van der Waals surface area contributed by atoms with Crippen LogP contribution in [0.4, 0.5) is 0 Å². The summed E-state index contributed by atoms with van der Waals surface area (Å²) < 4.78 is 4.82. The molecule has 0 fully saturated rings. The van der Waals surface area contributed by atoms with Crippen LogP contribution in [0.1, 0.15) is 31.8 Å². The molecule has 0 bridgehead atoms. The van der Waals surface area contributed by atoms with Crippen molar-refractivity contribution in [2.75, 3.05) is 21.2 Å². The number of esters is 1. The SMILES string of the molecule is CNC(=O)c1ccc(CN(C)Cc2c(O)c(C(=O)OC)cc3ccccc23)cc1. The highest BCUT2D eigenvalue weighted by molar-refractivity contribution is 6.00. The number of ether oxygens (including phenoxy) is 1. The fourth-order valence-corrected chi connectivity index (χ4v) is 3.38. The van der Waals surface area contributed by atoms with Crippen molar-refractivity contribution in [2.45, 2.75) is 13.1 Å². The quantitative estimate of drug-likeness (QED) is 0.629. The van der Waals surface area contributed by atoms with Crippen LogP contribution < -0.4 is 5.32 Å². The van der Waals surface area contributed by atoms with E-state index in [9.17, 15) is 14.7 Å². The second kappa shape index (κ2) is 8.75. The first-order valence-corrected chi connectivity index (χ1v) is 9.26. The largest absolute Gasteiger partial charge is 0.507 e. The Morgan fingerprint density at radius 3 is 2.41 bits per heavy atom. The Balaban J connectivity index is 1.88. The molecular formula is C23H24N2O4. The fourth-order valence-electron chi connectivity index (χ4n) is 3.38. The molecule has 3 aromatic rings. The van der Waals surface area contributed by atoms with Gasteiger partial charge in [-0.3, -0.25) is 9.69 Å². The zero-order valence-electron chi connectivity index (χ0n) is 16.7. The van der Waals surface area contributed by atoms with Crippen LogP contribution in [0.5, 0.6) is 5.75 Å². The number of nitrogens with one attached hydrogen (secondary N) is 1. The fraction of sp³-hybridized carbons (Fsp3) is 0.217. The van der Waals surface area contributed by atoms with Gasteiger partial charge >= 0.3 is 5.97 Å². The molecule has 0 heterocycles. The number of benzene rings is 3. The molecule has 0 aromatic heterocycles. The molecule has 150 valence electrons. The van der Waals surface area contributed by atoms with E-state index in [1.807, 2.05) is 48.3 Å². The van der Waals surface area contributed by atoms with Crippen LogP contribution in [-0.4, -0.2) is 43.1 Å². The normalized spacial score (nSPS) is 10.9. The predicted molar refractivity (Wildman–Crippen MR) is 112 cm³/mol. The summed E-state index contributed by atoms with van der Waals surface area (Å²) in [6.45, 7) is 1.05. The lowest BCUT2D eigenvalue weighted by atomic mass is 9.98. The summed E-state index contributed by atoms with van der Waals surface area (Å²) in [6.07, 6.45) is 0. The maximum Gasteiger partial charge on any atom is 0.341 e. The van der Waals surface area contributed by atoms with E-state index in [0.717, 1.165) is 16.3 Å². The van der Waals surface area contributed by atoms with Crippen molar-refractivity contribution >= 4 is 22.6 Å². The van der Waals surface area contributed by atoms with Gasteiger partial charge in [-0.25, -0.2) is 4.79 Å². The molecule has 0 radical (unpaired) electrons. The minimum Gasteiger partial charge on any atom is -0.507 e. The van der Waals surface area contributed by atoms with Gasteiger partial charge in [0.05, 0.1) is 7.11 Å². The van der Waals surface area contributed by atoms with Gasteiger partial charge in [-0.1, -0.05) is 36.4 Å². The van der Waals surface area contributed by atoms with Crippen LogP contribution in [0.3, 0.4) is 0 Å². The van der Waals surface area contributed by atoms with Crippen LogP contribution in [0.2, 0.25) is 0 Å². The van der Waals surface area contributed by atoms with E-state index < -0.39 is 5.97 Å². The third-order valence-electron chi connectivity index (χ3n) is 4.86. The molecule has 0 unspecified atom stereocenters. The van der Waals surface area contributed by atoms with Crippen molar-refractivity contribution in [2.24, 2.45) is 0 Å². The maximum atomic E-state index is 12.1. The van der Waals surface area contributed by atoms with Crippen molar-refractivity contribution in [3.05, 3.63) is 76.9 Å². The number of nitrogens with zero attached hydrogens (tertiary/aromatic N) is 1. The van der Waals surface area contributed by atoms with Crippen molar-refractivity contribution in [1.82, 2.24) is 10.2 Å². The first kappa shape index (κ1) is 20.4. The van der Waals surface area contributed by atoms with Crippen LogP contribution in [0, 0.1) is 0 Å². The van der Waals surface area contributed by atoms with Gasteiger partial charge in [0.15, 0.2) is 0 Å². The van der Waals surface area contributed by atoms with E-state index in [-0.39, 0.29) is 17.2 Å². The third-order valence-corrected chi connectivity index (χ3v) is 4.86.